The molecule has 0 aromatic heterocycles. The Kier molecular flexibility index (Phi) is 58.8. The van der Waals surface area contributed by atoms with Gasteiger partial charge in [0.2, 0.25) is 0 Å². The van der Waals surface area contributed by atoms with Crippen LogP contribution in [0.3, 0.4) is 0 Å². The average Bonchev–Trinajstić information content (AvgIpc) is 3.40. The molecule has 1 unspecified atom stereocenters. The fraction of sp³-hybridized carbons (Fsp3) is 0.721. The van der Waals surface area contributed by atoms with Crippen LogP contribution in [0.2, 0.25) is 0 Å². The highest BCUT2D eigenvalue weighted by atomic mass is 16.6. The quantitative estimate of drug-likeness (QED) is 0.0261. The first-order chi connectivity index (χ1) is 36.5. The lowest BCUT2D eigenvalue weighted by Gasteiger charge is -2.18. The van der Waals surface area contributed by atoms with Crippen molar-refractivity contribution >= 4 is 17.9 Å². The zero-order chi connectivity index (χ0) is 53.6. The summed E-state index contributed by atoms with van der Waals surface area (Å²) in [5.41, 5.74) is 0. The zero-order valence-corrected chi connectivity index (χ0v) is 48.6. The number of rotatable bonds is 56. The molecule has 0 spiro atoms. The van der Waals surface area contributed by atoms with Crippen LogP contribution in [0, 0.1) is 0 Å². The summed E-state index contributed by atoms with van der Waals surface area (Å²) in [6.07, 6.45) is 82.7. The number of hydrogen-bond donors (Lipinski definition) is 0. The van der Waals surface area contributed by atoms with Gasteiger partial charge in [-0.3, -0.25) is 14.4 Å². The summed E-state index contributed by atoms with van der Waals surface area (Å²) in [5.74, 6) is -0.887. The van der Waals surface area contributed by atoms with Crippen LogP contribution in [-0.4, -0.2) is 37.2 Å². The second kappa shape index (κ2) is 61.9. The fourth-order valence-electron chi connectivity index (χ4n) is 8.65. The van der Waals surface area contributed by atoms with Gasteiger partial charge in [-0.25, -0.2) is 0 Å². The van der Waals surface area contributed by atoms with E-state index in [1.807, 2.05) is 0 Å². The highest BCUT2D eigenvalue weighted by Crippen LogP contribution is 2.16. The topological polar surface area (TPSA) is 78.9 Å². The maximum Gasteiger partial charge on any atom is 0.306 e. The third kappa shape index (κ3) is 59.2. The molecule has 0 radical (unpaired) electrons. The molecule has 0 aliphatic carbocycles. The summed E-state index contributed by atoms with van der Waals surface area (Å²) in [6.45, 7) is 6.51. The molecule has 0 saturated carbocycles. The average molecular weight is 1030 g/mol. The Labute approximate surface area is 457 Å². The molecule has 0 amide bonds. The van der Waals surface area contributed by atoms with Gasteiger partial charge in [-0.15, -0.1) is 0 Å². The third-order valence-electron chi connectivity index (χ3n) is 13.3. The molecule has 74 heavy (non-hydrogen) atoms. The Hall–Kier alpha value is -3.67. The Morgan fingerprint density at radius 2 is 0.527 bits per heavy atom. The standard InChI is InChI=1S/C68H116O6/c1-4-7-10-13-16-19-22-25-26-27-28-29-30-31-32-33-34-35-36-37-38-39-40-41-42-44-46-49-52-55-58-61-67(70)73-64-65(63-72-66(69)60-57-54-51-48-45-24-21-18-15-12-9-6-3)74-68(71)62-59-56-53-50-47-43-23-20-17-14-11-8-5-2/h7,10,16,19-20,23,25-26,28-29,31-32,34-35,37-38,65H,4-6,8-9,11-15,17-18,21-22,24,27,30,33,36,39-64H2,1-3H3/b10-7-,19-16-,23-20-,26-25-,29-28-,32-31-,35-34-,38-37-. The van der Waals surface area contributed by atoms with Gasteiger partial charge in [0.1, 0.15) is 13.2 Å². The molecule has 0 aromatic carbocycles. The molecule has 0 heterocycles. The fourth-order valence-corrected chi connectivity index (χ4v) is 8.65. The van der Waals surface area contributed by atoms with Gasteiger partial charge in [0.05, 0.1) is 0 Å². The van der Waals surface area contributed by atoms with Crippen molar-refractivity contribution in [2.24, 2.45) is 0 Å². The van der Waals surface area contributed by atoms with Crippen molar-refractivity contribution in [3.8, 4) is 0 Å². The highest BCUT2D eigenvalue weighted by molar-refractivity contribution is 5.71. The lowest BCUT2D eigenvalue weighted by Crippen LogP contribution is -2.30. The second-order valence-electron chi connectivity index (χ2n) is 20.6. The molecule has 6 nitrogen and oxygen atoms in total. The van der Waals surface area contributed by atoms with Crippen LogP contribution in [0.1, 0.15) is 297 Å². The van der Waals surface area contributed by atoms with E-state index in [1.54, 1.807) is 0 Å². The third-order valence-corrected chi connectivity index (χ3v) is 13.3. The van der Waals surface area contributed by atoms with Crippen LogP contribution in [-0.2, 0) is 28.6 Å². The van der Waals surface area contributed by atoms with E-state index in [2.05, 4.69) is 118 Å². The van der Waals surface area contributed by atoms with E-state index < -0.39 is 6.10 Å². The number of esters is 3. The lowest BCUT2D eigenvalue weighted by molar-refractivity contribution is -0.167. The number of unbranched alkanes of at least 4 members (excludes halogenated alkanes) is 29. The van der Waals surface area contributed by atoms with Gasteiger partial charge in [-0.2, -0.15) is 0 Å². The molecular weight excluding hydrogens is 913 g/mol. The molecule has 1 atom stereocenters. The van der Waals surface area contributed by atoms with E-state index in [4.69, 9.17) is 14.2 Å². The summed E-state index contributed by atoms with van der Waals surface area (Å²) in [4.78, 5) is 38.2. The second-order valence-corrected chi connectivity index (χ2v) is 20.6. The van der Waals surface area contributed by atoms with Gasteiger partial charge >= 0.3 is 17.9 Å². The number of carbonyl (C=O) groups excluding carboxylic acids is 3. The Bertz CT molecular complexity index is 1460. The number of ether oxygens (including phenoxy) is 3. The maximum absolute atomic E-state index is 12.8. The Balaban J connectivity index is 4.22. The summed E-state index contributed by atoms with van der Waals surface area (Å²) < 4.78 is 16.9. The van der Waals surface area contributed by atoms with E-state index in [-0.39, 0.29) is 31.1 Å². The Morgan fingerprint density at radius 1 is 0.284 bits per heavy atom. The van der Waals surface area contributed by atoms with E-state index in [0.717, 1.165) is 122 Å². The summed E-state index contributed by atoms with van der Waals surface area (Å²) >= 11 is 0. The summed E-state index contributed by atoms with van der Waals surface area (Å²) in [7, 11) is 0. The molecule has 0 aliphatic heterocycles. The molecule has 0 saturated heterocycles. The molecular formula is C68H116O6. The van der Waals surface area contributed by atoms with Crippen molar-refractivity contribution in [1.29, 1.82) is 0 Å². The van der Waals surface area contributed by atoms with Gasteiger partial charge in [0, 0.05) is 19.3 Å². The molecule has 0 aromatic rings. The summed E-state index contributed by atoms with van der Waals surface area (Å²) in [6, 6.07) is 0. The van der Waals surface area contributed by atoms with Gasteiger partial charge in [0.15, 0.2) is 6.10 Å². The minimum atomic E-state index is -0.782. The van der Waals surface area contributed by atoms with Crippen molar-refractivity contribution in [3.05, 3.63) is 97.2 Å². The summed E-state index contributed by atoms with van der Waals surface area (Å²) in [5, 5.41) is 0. The first-order valence-corrected chi connectivity index (χ1v) is 31.2. The van der Waals surface area contributed by atoms with Gasteiger partial charge < -0.3 is 14.2 Å². The van der Waals surface area contributed by atoms with E-state index in [1.165, 1.54) is 135 Å². The number of carbonyl (C=O) groups is 3. The van der Waals surface area contributed by atoms with E-state index >= 15 is 0 Å². The predicted molar refractivity (Wildman–Crippen MR) is 320 cm³/mol. The lowest BCUT2D eigenvalue weighted by atomic mass is 10.0. The van der Waals surface area contributed by atoms with Crippen molar-refractivity contribution < 1.29 is 28.6 Å². The zero-order valence-electron chi connectivity index (χ0n) is 48.6. The molecule has 0 bridgehead atoms. The molecule has 0 rings (SSSR count). The molecule has 0 N–H and O–H groups in total. The minimum Gasteiger partial charge on any atom is -0.462 e. The van der Waals surface area contributed by atoms with Crippen LogP contribution in [0.15, 0.2) is 97.2 Å². The molecule has 0 fully saturated rings. The van der Waals surface area contributed by atoms with Crippen molar-refractivity contribution in [2.45, 2.75) is 303 Å². The van der Waals surface area contributed by atoms with Crippen LogP contribution in [0.25, 0.3) is 0 Å². The highest BCUT2D eigenvalue weighted by Gasteiger charge is 2.19. The SMILES string of the molecule is CC/C=C\C/C=C\C/C=C\C/C=C\C/C=C\C/C=C\C/C=C\CCCCCCCCCCCC(=O)OCC(COC(=O)CCCCCCCCCCCCCC)OC(=O)CCCCCCC/C=C\CCCCCC. The van der Waals surface area contributed by atoms with Crippen molar-refractivity contribution in [1.82, 2.24) is 0 Å². The first kappa shape index (κ1) is 70.3. The molecule has 6 heteroatoms. The normalized spacial score (nSPS) is 12.7. The van der Waals surface area contributed by atoms with E-state index in [9.17, 15) is 14.4 Å². The van der Waals surface area contributed by atoms with Gasteiger partial charge in [0.25, 0.3) is 0 Å². The predicted octanol–water partition coefficient (Wildman–Crippen LogP) is 21.3. The van der Waals surface area contributed by atoms with Crippen molar-refractivity contribution in [2.75, 3.05) is 13.2 Å². The number of allylic oxidation sites excluding steroid dienone is 16. The number of hydrogen-bond acceptors (Lipinski definition) is 6. The maximum atomic E-state index is 12.8. The minimum absolute atomic E-state index is 0.0794. The Morgan fingerprint density at radius 3 is 0.851 bits per heavy atom. The van der Waals surface area contributed by atoms with Gasteiger partial charge in [-0.05, 0) is 103 Å². The van der Waals surface area contributed by atoms with Crippen LogP contribution in [0.5, 0.6) is 0 Å². The first-order valence-electron chi connectivity index (χ1n) is 31.2. The molecule has 0 aliphatic rings. The largest absolute Gasteiger partial charge is 0.462 e. The van der Waals surface area contributed by atoms with Crippen LogP contribution in [0.4, 0.5) is 0 Å². The van der Waals surface area contributed by atoms with Gasteiger partial charge in [-0.1, -0.05) is 272 Å². The van der Waals surface area contributed by atoms with Crippen LogP contribution >= 0.6 is 0 Å². The molecule has 424 valence electrons. The van der Waals surface area contributed by atoms with Crippen LogP contribution < -0.4 is 0 Å². The smallest absolute Gasteiger partial charge is 0.306 e. The van der Waals surface area contributed by atoms with Crippen molar-refractivity contribution in [3.63, 3.8) is 0 Å². The monoisotopic (exact) mass is 1030 g/mol. The van der Waals surface area contributed by atoms with E-state index in [0.29, 0.717) is 19.3 Å².